The molecule has 2 atom stereocenters. The first kappa shape index (κ1) is 8.69. The molecule has 4 heteroatoms. The summed E-state index contributed by atoms with van der Waals surface area (Å²) in [6.45, 7) is 4.47. The third-order valence-electron chi connectivity index (χ3n) is 2.79. The van der Waals surface area contributed by atoms with Crippen LogP contribution in [0, 0.1) is 5.92 Å². The lowest BCUT2D eigenvalue weighted by atomic mass is 9.86. The summed E-state index contributed by atoms with van der Waals surface area (Å²) in [5.41, 5.74) is 1.15. The standard InChI is InChI=1S/C9H16N4/c1-7-5-10-4-3-8(7)9-6-13(2)12-11-9/h6-8,10H,3-5H2,1-2H3. The van der Waals surface area contributed by atoms with Crippen LogP contribution < -0.4 is 5.32 Å². The number of piperidine rings is 1. The Balaban J connectivity index is 2.14. The molecule has 0 aromatic carbocycles. The normalized spacial score (nSPS) is 29.1. The van der Waals surface area contributed by atoms with Crippen LogP contribution in [0.5, 0.6) is 0 Å². The summed E-state index contributed by atoms with van der Waals surface area (Å²) in [5.74, 6) is 1.26. The van der Waals surface area contributed by atoms with Gasteiger partial charge in [0.05, 0.1) is 5.69 Å². The number of hydrogen-bond donors (Lipinski definition) is 1. The van der Waals surface area contributed by atoms with E-state index in [1.165, 1.54) is 6.42 Å². The number of hydrogen-bond acceptors (Lipinski definition) is 3. The quantitative estimate of drug-likeness (QED) is 0.685. The fraction of sp³-hybridized carbons (Fsp3) is 0.778. The number of rotatable bonds is 1. The highest BCUT2D eigenvalue weighted by molar-refractivity contribution is 5.05. The summed E-state index contributed by atoms with van der Waals surface area (Å²) in [6, 6.07) is 0. The van der Waals surface area contributed by atoms with Crippen LogP contribution in [0.25, 0.3) is 0 Å². The van der Waals surface area contributed by atoms with Crippen LogP contribution in [0.3, 0.4) is 0 Å². The van der Waals surface area contributed by atoms with E-state index in [1.54, 1.807) is 4.68 Å². The van der Waals surface area contributed by atoms with Gasteiger partial charge in [0.25, 0.3) is 0 Å². The molecule has 1 aromatic rings. The monoisotopic (exact) mass is 180 g/mol. The van der Waals surface area contributed by atoms with Gasteiger partial charge < -0.3 is 5.32 Å². The van der Waals surface area contributed by atoms with Crippen LogP contribution in [0.4, 0.5) is 0 Å². The molecule has 0 aliphatic carbocycles. The van der Waals surface area contributed by atoms with E-state index >= 15 is 0 Å². The molecule has 13 heavy (non-hydrogen) atoms. The minimum absolute atomic E-state index is 0.593. The van der Waals surface area contributed by atoms with Crippen LogP contribution in [0.1, 0.15) is 25.0 Å². The average Bonchev–Trinajstić information content (AvgIpc) is 2.53. The lowest BCUT2D eigenvalue weighted by Gasteiger charge is -2.27. The van der Waals surface area contributed by atoms with Crippen molar-refractivity contribution in [2.45, 2.75) is 19.3 Å². The molecule has 0 radical (unpaired) electrons. The van der Waals surface area contributed by atoms with Gasteiger partial charge in [-0.2, -0.15) is 0 Å². The van der Waals surface area contributed by atoms with Crippen molar-refractivity contribution in [2.24, 2.45) is 13.0 Å². The summed E-state index contributed by atoms with van der Waals surface area (Å²) in [5, 5.41) is 11.5. The molecule has 1 aliphatic heterocycles. The summed E-state index contributed by atoms with van der Waals surface area (Å²) in [6.07, 6.45) is 3.21. The first-order valence-corrected chi connectivity index (χ1v) is 4.84. The van der Waals surface area contributed by atoms with Crippen molar-refractivity contribution >= 4 is 0 Å². The molecule has 0 spiro atoms. The molecule has 0 amide bonds. The zero-order valence-electron chi connectivity index (χ0n) is 8.20. The van der Waals surface area contributed by atoms with Crippen molar-refractivity contribution in [3.05, 3.63) is 11.9 Å². The SMILES string of the molecule is CC1CNCCC1c1cn(C)nn1. The van der Waals surface area contributed by atoms with E-state index in [4.69, 9.17) is 0 Å². The molecule has 1 fully saturated rings. The van der Waals surface area contributed by atoms with Gasteiger partial charge in [-0.1, -0.05) is 12.1 Å². The van der Waals surface area contributed by atoms with Gasteiger partial charge in [0.1, 0.15) is 0 Å². The van der Waals surface area contributed by atoms with Gasteiger partial charge in [-0.25, -0.2) is 0 Å². The maximum atomic E-state index is 4.18. The van der Waals surface area contributed by atoms with Gasteiger partial charge >= 0.3 is 0 Å². The Kier molecular flexibility index (Phi) is 2.31. The molecular weight excluding hydrogens is 164 g/mol. The van der Waals surface area contributed by atoms with E-state index in [-0.39, 0.29) is 0 Å². The summed E-state index contributed by atoms with van der Waals surface area (Å²) >= 11 is 0. The largest absolute Gasteiger partial charge is 0.316 e. The van der Waals surface area contributed by atoms with Gasteiger partial charge in [0, 0.05) is 19.2 Å². The van der Waals surface area contributed by atoms with E-state index < -0.39 is 0 Å². The Morgan fingerprint density at radius 3 is 3.08 bits per heavy atom. The highest BCUT2D eigenvalue weighted by Gasteiger charge is 2.24. The van der Waals surface area contributed by atoms with Crippen molar-refractivity contribution in [3.8, 4) is 0 Å². The van der Waals surface area contributed by atoms with Crippen molar-refractivity contribution < 1.29 is 0 Å². The maximum absolute atomic E-state index is 4.18. The van der Waals surface area contributed by atoms with Gasteiger partial charge in [0.15, 0.2) is 0 Å². The van der Waals surface area contributed by atoms with Crippen LogP contribution >= 0.6 is 0 Å². The minimum atomic E-state index is 0.593. The zero-order chi connectivity index (χ0) is 9.26. The van der Waals surface area contributed by atoms with Crippen molar-refractivity contribution in [1.82, 2.24) is 20.3 Å². The fourth-order valence-electron chi connectivity index (χ4n) is 1.99. The third-order valence-corrected chi connectivity index (χ3v) is 2.79. The van der Waals surface area contributed by atoms with Crippen LogP contribution in [0.15, 0.2) is 6.20 Å². The van der Waals surface area contributed by atoms with Gasteiger partial charge in [0.2, 0.25) is 0 Å². The highest BCUT2D eigenvalue weighted by atomic mass is 15.4. The Morgan fingerprint density at radius 1 is 1.62 bits per heavy atom. The summed E-state index contributed by atoms with van der Waals surface area (Å²) < 4.78 is 1.78. The first-order valence-electron chi connectivity index (χ1n) is 4.84. The lowest BCUT2D eigenvalue weighted by Crippen LogP contribution is -2.33. The summed E-state index contributed by atoms with van der Waals surface area (Å²) in [7, 11) is 1.92. The Labute approximate surface area is 78.3 Å². The predicted molar refractivity (Wildman–Crippen MR) is 50.4 cm³/mol. The molecule has 2 heterocycles. The summed E-state index contributed by atoms with van der Waals surface area (Å²) in [4.78, 5) is 0. The molecule has 1 saturated heterocycles. The molecule has 0 bridgehead atoms. The second-order valence-corrected chi connectivity index (χ2v) is 3.89. The molecule has 2 unspecified atom stereocenters. The minimum Gasteiger partial charge on any atom is -0.316 e. The van der Waals surface area contributed by atoms with Gasteiger partial charge in [-0.05, 0) is 25.4 Å². The molecule has 72 valence electrons. The predicted octanol–water partition coefficient (Wildman–Crippen LogP) is 0.528. The number of aryl methyl sites for hydroxylation is 1. The molecule has 2 rings (SSSR count). The van der Waals surface area contributed by atoms with E-state index in [1.807, 2.05) is 13.2 Å². The molecule has 1 aliphatic rings. The second-order valence-electron chi connectivity index (χ2n) is 3.89. The topological polar surface area (TPSA) is 42.7 Å². The molecule has 0 saturated carbocycles. The Bertz CT molecular complexity index is 281. The lowest BCUT2D eigenvalue weighted by molar-refractivity contribution is 0.344. The Morgan fingerprint density at radius 2 is 2.46 bits per heavy atom. The van der Waals surface area contributed by atoms with Gasteiger partial charge in [-0.3, -0.25) is 4.68 Å². The Hall–Kier alpha value is -0.900. The van der Waals surface area contributed by atoms with E-state index in [0.29, 0.717) is 11.8 Å². The van der Waals surface area contributed by atoms with E-state index in [9.17, 15) is 0 Å². The number of aromatic nitrogens is 3. The van der Waals surface area contributed by atoms with Crippen molar-refractivity contribution in [3.63, 3.8) is 0 Å². The molecule has 1 N–H and O–H groups in total. The van der Waals surface area contributed by atoms with Crippen LogP contribution in [-0.4, -0.2) is 28.1 Å². The van der Waals surface area contributed by atoms with Crippen molar-refractivity contribution in [1.29, 1.82) is 0 Å². The molecular formula is C9H16N4. The molecule has 1 aromatic heterocycles. The van der Waals surface area contributed by atoms with E-state index in [0.717, 1.165) is 18.8 Å². The highest BCUT2D eigenvalue weighted by Crippen LogP contribution is 2.27. The zero-order valence-corrected chi connectivity index (χ0v) is 8.20. The number of nitrogens with one attached hydrogen (secondary N) is 1. The van der Waals surface area contributed by atoms with Crippen LogP contribution in [-0.2, 0) is 7.05 Å². The average molecular weight is 180 g/mol. The maximum Gasteiger partial charge on any atom is 0.0861 e. The van der Waals surface area contributed by atoms with Crippen molar-refractivity contribution in [2.75, 3.05) is 13.1 Å². The first-order chi connectivity index (χ1) is 6.27. The molecule has 4 nitrogen and oxygen atoms in total. The number of nitrogens with zero attached hydrogens (tertiary/aromatic N) is 3. The van der Waals surface area contributed by atoms with Gasteiger partial charge in [-0.15, -0.1) is 5.10 Å². The van der Waals surface area contributed by atoms with Crippen LogP contribution in [0.2, 0.25) is 0 Å². The fourth-order valence-corrected chi connectivity index (χ4v) is 1.99. The van der Waals surface area contributed by atoms with E-state index in [2.05, 4.69) is 22.6 Å². The smallest absolute Gasteiger partial charge is 0.0861 e. The third kappa shape index (κ3) is 1.72. The second kappa shape index (κ2) is 3.46.